The average Bonchev–Trinajstić information content (AvgIpc) is 2.17. The molecule has 0 aliphatic heterocycles. The van der Waals surface area contributed by atoms with Gasteiger partial charge in [0.1, 0.15) is 0 Å². The van der Waals surface area contributed by atoms with Crippen LogP contribution in [0.15, 0.2) is 43.0 Å². The van der Waals surface area contributed by atoms with Crippen molar-refractivity contribution in [3.8, 4) is 0 Å². The van der Waals surface area contributed by atoms with E-state index in [1.165, 1.54) is 22.3 Å². The largest absolute Gasteiger partial charge is 0.0955 e. The van der Waals surface area contributed by atoms with Gasteiger partial charge in [0, 0.05) is 0 Å². The van der Waals surface area contributed by atoms with E-state index in [2.05, 4.69) is 51.3 Å². The van der Waals surface area contributed by atoms with Gasteiger partial charge in [0.15, 0.2) is 0 Å². The Labute approximate surface area is 99.0 Å². The Kier molecular flexibility index (Phi) is 3.89. The standard InChI is InChI=1S/C16H20/c1-7-14(11(2)3)16-10-13(6)8-9-15(16)12(4)5/h7-10H,2,4H2,1,3,5-6H3/b14-7+. The fraction of sp³-hybridized carbons (Fsp3) is 0.250. The van der Waals surface area contributed by atoms with Gasteiger partial charge >= 0.3 is 0 Å². The van der Waals surface area contributed by atoms with Gasteiger partial charge in [-0.1, -0.05) is 54.1 Å². The van der Waals surface area contributed by atoms with Gasteiger partial charge in [0.05, 0.1) is 0 Å². The van der Waals surface area contributed by atoms with E-state index in [1.54, 1.807) is 0 Å². The summed E-state index contributed by atoms with van der Waals surface area (Å²) in [6.07, 6.45) is 2.11. The van der Waals surface area contributed by atoms with E-state index in [1.807, 2.05) is 13.8 Å². The molecule has 0 N–H and O–H groups in total. The quantitative estimate of drug-likeness (QED) is 0.618. The molecule has 0 heterocycles. The maximum atomic E-state index is 4.03. The van der Waals surface area contributed by atoms with Crippen molar-refractivity contribution in [2.75, 3.05) is 0 Å². The molecule has 0 aliphatic carbocycles. The molecule has 1 aromatic carbocycles. The van der Waals surface area contributed by atoms with Gasteiger partial charge in [-0.05, 0) is 44.4 Å². The third-order valence-corrected chi connectivity index (χ3v) is 2.67. The number of hydrogen-bond donors (Lipinski definition) is 0. The highest BCUT2D eigenvalue weighted by atomic mass is 14.1. The van der Waals surface area contributed by atoms with Crippen LogP contribution in [0.25, 0.3) is 11.1 Å². The van der Waals surface area contributed by atoms with E-state index < -0.39 is 0 Å². The zero-order valence-electron chi connectivity index (χ0n) is 10.7. The first-order valence-corrected chi connectivity index (χ1v) is 5.56. The molecule has 0 radical (unpaired) electrons. The summed E-state index contributed by atoms with van der Waals surface area (Å²) in [7, 11) is 0. The summed E-state index contributed by atoms with van der Waals surface area (Å²) in [6.45, 7) is 16.3. The lowest BCUT2D eigenvalue weighted by molar-refractivity contribution is 1.39. The summed E-state index contributed by atoms with van der Waals surface area (Å²) in [5, 5.41) is 0. The van der Waals surface area contributed by atoms with Crippen molar-refractivity contribution >= 4 is 11.1 Å². The Morgan fingerprint density at radius 2 is 1.75 bits per heavy atom. The Morgan fingerprint density at radius 1 is 1.12 bits per heavy atom. The van der Waals surface area contributed by atoms with Gasteiger partial charge in [0.25, 0.3) is 0 Å². The lowest BCUT2D eigenvalue weighted by Gasteiger charge is -2.14. The molecule has 0 spiro atoms. The van der Waals surface area contributed by atoms with Crippen molar-refractivity contribution in [2.24, 2.45) is 0 Å². The summed E-state index contributed by atoms with van der Waals surface area (Å²) < 4.78 is 0. The SMILES string of the molecule is C=C(C)/C(=C\C)c1cc(C)ccc1C(=C)C. The van der Waals surface area contributed by atoms with E-state index in [4.69, 9.17) is 0 Å². The van der Waals surface area contributed by atoms with Crippen LogP contribution in [0.4, 0.5) is 0 Å². The predicted molar refractivity (Wildman–Crippen MR) is 74.4 cm³/mol. The van der Waals surface area contributed by atoms with Crippen LogP contribution in [-0.4, -0.2) is 0 Å². The molecule has 1 aromatic rings. The van der Waals surface area contributed by atoms with Crippen LogP contribution in [0.1, 0.15) is 37.5 Å². The highest BCUT2D eigenvalue weighted by molar-refractivity contribution is 5.85. The monoisotopic (exact) mass is 212 g/mol. The normalized spacial score (nSPS) is 11.4. The number of allylic oxidation sites excluding steroid dienone is 4. The van der Waals surface area contributed by atoms with Crippen LogP contribution in [0.5, 0.6) is 0 Å². The molecule has 0 amide bonds. The minimum absolute atomic E-state index is 1.09. The molecule has 0 aromatic heterocycles. The highest BCUT2D eigenvalue weighted by Crippen LogP contribution is 2.29. The Bertz CT molecular complexity index is 459. The summed E-state index contributed by atoms with van der Waals surface area (Å²) >= 11 is 0. The number of rotatable bonds is 3. The Hall–Kier alpha value is -1.56. The highest BCUT2D eigenvalue weighted by Gasteiger charge is 2.08. The molecule has 0 aliphatic rings. The van der Waals surface area contributed by atoms with Crippen molar-refractivity contribution in [1.82, 2.24) is 0 Å². The summed E-state index contributed by atoms with van der Waals surface area (Å²) in [5.74, 6) is 0. The van der Waals surface area contributed by atoms with Crippen LogP contribution in [0.3, 0.4) is 0 Å². The molecule has 0 nitrogen and oxygen atoms in total. The zero-order chi connectivity index (χ0) is 12.3. The fourth-order valence-electron chi connectivity index (χ4n) is 1.88. The molecule has 0 fully saturated rings. The van der Waals surface area contributed by atoms with Gasteiger partial charge in [0.2, 0.25) is 0 Å². The second-order valence-electron chi connectivity index (χ2n) is 4.31. The van der Waals surface area contributed by atoms with Crippen LogP contribution in [0.2, 0.25) is 0 Å². The van der Waals surface area contributed by atoms with E-state index in [0.717, 1.165) is 11.1 Å². The van der Waals surface area contributed by atoms with Crippen LogP contribution >= 0.6 is 0 Å². The maximum absolute atomic E-state index is 4.03. The van der Waals surface area contributed by atoms with Gasteiger partial charge in [-0.2, -0.15) is 0 Å². The lowest BCUT2D eigenvalue weighted by Crippen LogP contribution is -1.93. The van der Waals surface area contributed by atoms with Crippen LogP contribution in [-0.2, 0) is 0 Å². The molecule has 84 valence electrons. The van der Waals surface area contributed by atoms with Crippen molar-refractivity contribution in [2.45, 2.75) is 27.7 Å². The van der Waals surface area contributed by atoms with Gasteiger partial charge in [-0.3, -0.25) is 0 Å². The van der Waals surface area contributed by atoms with Gasteiger partial charge in [-0.25, -0.2) is 0 Å². The van der Waals surface area contributed by atoms with Crippen molar-refractivity contribution in [1.29, 1.82) is 0 Å². The van der Waals surface area contributed by atoms with Crippen molar-refractivity contribution in [3.05, 3.63) is 59.7 Å². The lowest BCUT2D eigenvalue weighted by atomic mass is 9.91. The Morgan fingerprint density at radius 3 is 2.19 bits per heavy atom. The predicted octanol–water partition coefficient (Wildman–Crippen LogP) is 5.01. The number of hydrogen-bond acceptors (Lipinski definition) is 0. The van der Waals surface area contributed by atoms with E-state index in [9.17, 15) is 0 Å². The van der Waals surface area contributed by atoms with Gasteiger partial charge in [-0.15, -0.1) is 0 Å². The summed E-state index contributed by atoms with van der Waals surface area (Å²) in [5.41, 5.74) is 7.11. The minimum atomic E-state index is 1.09. The molecule has 0 saturated heterocycles. The topological polar surface area (TPSA) is 0 Å². The Balaban J connectivity index is 3.46. The molecule has 1 rings (SSSR count). The average molecular weight is 212 g/mol. The second kappa shape index (κ2) is 4.98. The first kappa shape index (κ1) is 12.5. The van der Waals surface area contributed by atoms with Crippen LogP contribution in [0, 0.1) is 6.92 Å². The third-order valence-electron chi connectivity index (χ3n) is 2.67. The molecule has 0 saturated carbocycles. The molecular weight excluding hydrogens is 192 g/mol. The minimum Gasteiger partial charge on any atom is -0.0955 e. The van der Waals surface area contributed by atoms with Gasteiger partial charge < -0.3 is 0 Å². The first-order valence-electron chi connectivity index (χ1n) is 5.56. The second-order valence-corrected chi connectivity index (χ2v) is 4.31. The van der Waals surface area contributed by atoms with E-state index in [0.29, 0.717) is 0 Å². The molecular formula is C16H20. The van der Waals surface area contributed by atoms with E-state index >= 15 is 0 Å². The molecule has 0 heteroatoms. The maximum Gasteiger partial charge on any atom is -0.0107 e. The summed E-state index contributed by atoms with van der Waals surface area (Å²) in [6, 6.07) is 6.46. The zero-order valence-corrected chi connectivity index (χ0v) is 10.7. The van der Waals surface area contributed by atoms with E-state index in [-0.39, 0.29) is 0 Å². The fourth-order valence-corrected chi connectivity index (χ4v) is 1.88. The van der Waals surface area contributed by atoms with Crippen molar-refractivity contribution < 1.29 is 0 Å². The first-order chi connectivity index (χ1) is 7.47. The third kappa shape index (κ3) is 2.52. The summed E-state index contributed by atoms with van der Waals surface area (Å²) in [4.78, 5) is 0. The molecule has 16 heavy (non-hydrogen) atoms. The molecule has 0 unspecified atom stereocenters. The van der Waals surface area contributed by atoms with Crippen LogP contribution < -0.4 is 0 Å². The number of aryl methyl sites for hydroxylation is 1. The molecule has 0 bridgehead atoms. The smallest absolute Gasteiger partial charge is 0.0107 e. The van der Waals surface area contributed by atoms with Crippen molar-refractivity contribution in [3.63, 3.8) is 0 Å². The molecule has 0 atom stereocenters. The number of benzene rings is 1.